The number of carbonyl (C=O) groups is 2. The third-order valence-corrected chi connectivity index (χ3v) is 6.49. The first-order chi connectivity index (χ1) is 12.0. The lowest BCUT2D eigenvalue weighted by Gasteiger charge is -2.26. The summed E-state index contributed by atoms with van der Waals surface area (Å²) in [5.74, 6) is 1.60. The second-order valence-electron chi connectivity index (χ2n) is 6.03. The Balaban J connectivity index is 2.01. The summed E-state index contributed by atoms with van der Waals surface area (Å²) in [4.78, 5) is 26.2. The minimum atomic E-state index is -0.424. The standard InChI is InChI=1S/C18H25ClN2O2S2/c1-13(22)20-16(8-11-24-2)18(23)21-9-7-17(25-12-10-21)14-5-3-4-6-15(14)19/h3-6,16-17H,7-12H2,1-2H3,(H,20,22). The van der Waals surface area contributed by atoms with Gasteiger partial charge in [0.15, 0.2) is 0 Å². The molecule has 1 aromatic rings. The molecule has 25 heavy (non-hydrogen) atoms. The SMILES string of the molecule is CSCCC(NC(C)=O)C(=O)N1CCSC(c2ccccc2Cl)CC1. The lowest BCUT2D eigenvalue weighted by Crippen LogP contribution is -2.49. The van der Waals surface area contributed by atoms with Crippen molar-refractivity contribution < 1.29 is 9.59 Å². The maximum atomic E-state index is 12.9. The molecular formula is C18H25ClN2O2S2. The smallest absolute Gasteiger partial charge is 0.245 e. The van der Waals surface area contributed by atoms with Gasteiger partial charge < -0.3 is 10.2 Å². The van der Waals surface area contributed by atoms with Crippen LogP contribution in [0.2, 0.25) is 5.02 Å². The number of thioether (sulfide) groups is 2. The molecule has 0 radical (unpaired) electrons. The van der Waals surface area contributed by atoms with Crippen molar-refractivity contribution in [2.75, 3.05) is 30.9 Å². The number of hydrogen-bond acceptors (Lipinski definition) is 4. The van der Waals surface area contributed by atoms with Gasteiger partial charge in [-0.25, -0.2) is 0 Å². The van der Waals surface area contributed by atoms with E-state index in [0.29, 0.717) is 24.8 Å². The van der Waals surface area contributed by atoms with Gasteiger partial charge in [-0.3, -0.25) is 9.59 Å². The third-order valence-electron chi connectivity index (χ3n) is 4.19. The first-order valence-corrected chi connectivity index (χ1v) is 11.3. The van der Waals surface area contributed by atoms with Crippen LogP contribution in [0.3, 0.4) is 0 Å². The molecule has 0 aromatic heterocycles. The van der Waals surface area contributed by atoms with E-state index in [-0.39, 0.29) is 11.8 Å². The summed E-state index contributed by atoms with van der Waals surface area (Å²) < 4.78 is 0. The fourth-order valence-corrected chi connectivity index (χ4v) is 5.01. The topological polar surface area (TPSA) is 49.4 Å². The van der Waals surface area contributed by atoms with Crippen LogP contribution in [0.25, 0.3) is 0 Å². The van der Waals surface area contributed by atoms with Gasteiger partial charge in [-0.15, -0.1) is 0 Å². The molecule has 1 aliphatic heterocycles. The van der Waals surface area contributed by atoms with E-state index in [1.54, 1.807) is 11.8 Å². The molecule has 2 unspecified atom stereocenters. The van der Waals surface area contributed by atoms with Crippen LogP contribution in [0.4, 0.5) is 0 Å². The van der Waals surface area contributed by atoms with E-state index >= 15 is 0 Å². The van der Waals surface area contributed by atoms with Crippen molar-refractivity contribution in [1.82, 2.24) is 10.2 Å². The van der Waals surface area contributed by atoms with E-state index in [1.807, 2.05) is 41.1 Å². The Labute approximate surface area is 163 Å². The van der Waals surface area contributed by atoms with Gasteiger partial charge in [0.1, 0.15) is 6.04 Å². The predicted molar refractivity (Wildman–Crippen MR) is 108 cm³/mol. The van der Waals surface area contributed by atoms with Crippen LogP contribution < -0.4 is 5.32 Å². The van der Waals surface area contributed by atoms with E-state index in [9.17, 15) is 9.59 Å². The van der Waals surface area contributed by atoms with Crippen LogP contribution in [-0.2, 0) is 9.59 Å². The Bertz CT molecular complexity index is 600. The number of halogens is 1. The fourth-order valence-electron chi connectivity index (χ4n) is 2.93. The minimum absolute atomic E-state index is 0.0321. The molecule has 2 amide bonds. The van der Waals surface area contributed by atoms with Crippen molar-refractivity contribution in [1.29, 1.82) is 0 Å². The van der Waals surface area contributed by atoms with Gasteiger partial charge in [0, 0.05) is 36.0 Å². The second-order valence-corrected chi connectivity index (χ2v) is 8.73. The molecule has 0 bridgehead atoms. The van der Waals surface area contributed by atoms with Gasteiger partial charge in [-0.05, 0) is 36.5 Å². The number of benzene rings is 1. The lowest BCUT2D eigenvalue weighted by molar-refractivity contribution is -0.135. The van der Waals surface area contributed by atoms with Gasteiger partial charge >= 0.3 is 0 Å². The maximum absolute atomic E-state index is 12.9. The van der Waals surface area contributed by atoms with E-state index in [4.69, 9.17) is 11.6 Å². The van der Waals surface area contributed by atoms with Gasteiger partial charge in [-0.1, -0.05) is 29.8 Å². The molecule has 1 aromatic carbocycles. The fraction of sp³-hybridized carbons (Fsp3) is 0.556. The van der Waals surface area contributed by atoms with Gasteiger partial charge in [-0.2, -0.15) is 23.5 Å². The van der Waals surface area contributed by atoms with Crippen molar-refractivity contribution >= 4 is 46.9 Å². The van der Waals surface area contributed by atoms with E-state index in [0.717, 1.165) is 28.5 Å². The molecule has 1 fully saturated rings. The second kappa shape index (κ2) is 10.3. The Kier molecular flexibility index (Phi) is 8.46. The average Bonchev–Trinajstić information content (AvgIpc) is 2.84. The zero-order chi connectivity index (χ0) is 18.2. The van der Waals surface area contributed by atoms with Crippen molar-refractivity contribution in [3.8, 4) is 0 Å². The van der Waals surface area contributed by atoms with Crippen LogP contribution in [0, 0.1) is 0 Å². The van der Waals surface area contributed by atoms with E-state index in [2.05, 4.69) is 11.4 Å². The maximum Gasteiger partial charge on any atom is 0.245 e. The molecular weight excluding hydrogens is 376 g/mol. The van der Waals surface area contributed by atoms with E-state index in [1.165, 1.54) is 6.92 Å². The lowest BCUT2D eigenvalue weighted by atomic mass is 10.1. The molecule has 2 rings (SSSR count). The normalized spacial score (nSPS) is 19.2. The highest BCUT2D eigenvalue weighted by Crippen LogP contribution is 2.37. The molecule has 0 saturated carbocycles. The van der Waals surface area contributed by atoms with Crippen LogP contribution in [0.15, 0.2) is 24.3 Å². The van der Waals surface area contributed by atoms with Crippen molar-refractivity contribution in [3.63, 3.8) is 0 Å². The summed E-state index contributed by atoms with van der Waals surface area (Å²) in [6.07, 6.45) is 3.54. The molecule has 1 aliphatic rings. The molecule has 0 aliphatic carbocycles. The zero-order valence-electron chi connectivity index (χ0n) is 14.7. The van der Waals surface area contributed by atoms with Gasteiger partial charge in [0.05, 0.1) is 0 Å². The quantitative estimate of drug-likeness (QED) is 0.792. The molecule has 1 heterocycles. The number of amides is 2. The van der Waals surface area contributed by atoms with Crippen molar-refractivity contribution in [2.24, 2.45) is 0 Å². The Hall–Kier alpha value is -0.850. The number of carbonyl (C=O) groups excluding carboxylic acids is 2. The minimum Gasteiger partial charge on any atom is -0.345 e. The number of hydrogen-bond donors (Lipinski definition) is 1. The summed E-state index contributed by atoms with van der Waals surface area (Å²) in [5.41, 5.74) is 1.14. The number of nitrogens with zero attached hydrogens (tertiary/aromatic N) is 1. The molecule has 1 N–H and O–H groups in total. The highest BCUT2D eigenvalue weighted by Gasteiger charge is 2.28. The monoisotopic (exact) mass is 400 g/mol. The third kappa shape index (κ3) is 6.12. The molecule has 2 atom stereocenters. The van der Waals surface area contributed by atoms with Gasteiger partial charge in [0.25, 0.3) is 0 Å². The average molecular weight is 401 g/mol. The summed E-state index contributed by atoms with van der Waals surface area (Å²) in [6, 6.07) is 7.50. The summed E-state index contributed by atoms with van der Waals surface area (Å²) in [5, 5.41) is 3.90. The molecule has 4 nitrogen and oxygen atoms in total. The predicted octanol–water partition coefficient (Wildman–Crippen LogP) is 3.60. The van der Waals surface area contributed by atoms with Crippen molar-refractivity contribution in [3.05, 3.63) is 34.9 Å². The highest BCUT2D eigenvalue weighted by atomic mass is 35.5. The Morgan fingerprint density at radius 2 is 2.16 bits per heavy atom. The largest absolute Gasteiger partial charge is 0.345 e. The van der Waals surface area contributed by atoms with Crippen molar-refractivity contribution in [2.45, 2.75) is 31.1 Å². The zero-order valence-corrected chi connectivity index (χ0v) is 17.1. The Morgan fingerprint density at radius 1 is 1.40 bits per heavy atom. The first-order valence-electron chi connectivity index (χ1n) is 8.43. The molecule has 0 spiro atoms. The van der Waals surface area contributed by atoms with Crippen LogP contribution in [0.5, 0.6) is 0 Å². The summed E-state index contributed by atoms with van der Waals surface area (Å²) in [6.45, 7) is 2.86. The number of nitrogens with one attached hydrogen (secondary N) is 1. The van der Waals surface area contributed by atoms with Gasteiger partial charge in [0.2, 0.25) is 11.8 Å². The van der Waals surface area contributed by atoms with Crippen LogP contribution in [-0.4, -0.2) is 53.6 Å². The molecule has 1 saturated heterocycles. The molecule has 7 heteroatoms. The Morgan fingerprint density at radius 3 is 2.84 bits per heavy atom. The van der Waals surface area contributed by atoms with E-state index < -0.39 is 6.04 Å². The van der Waals surface area contributed by atoms with Crippen LogP contribution in [0.1, 0.15) is 30.6 Å². The summed E-state index contributed by atoms with van der Waals surface area (Å²) >= 11 is 9.86. The number of rotatable bonds is 6. The van der Waals surface area contributed by atoms with Crippen LogP contribution >= 0.6 is 35.1 Å². The summed E-state index contributed by atoms with van der Waals surface area (Å²) in [7, 11) is 0. The highest BCUT2D eigenvalue weighted by molar-refractivity contribution is 7.99. The molecule has 138 valence electrons. The first kappa shape index (κ1) is 20.5.